The van der Waals surface area contributed by atoms with Crippen molar-refractivity contribution in [3.05, 3.63) is 41.5 Å². The fourth-order valence-corrected chi connectivity index (χ4v) is 2.42. The number of likely N-dealkylation sites (N-methyl/N-ethyl adjacent to an activating group) is 1. The van der Waals surface area contributed by atoms with Crippen molar-refractivity contribution in [1.82, 2.24) is 4.90 Å². The molecule has 0 saturated carbocycles. The van der Waals surface area contributed by atoms with Crippen LogP contribution in [-0.2, 0) is 4.79 Å². The third-order valence-electron chi connectivity index (χ3n) is 3.38. The molecule has 1 aromatic rings. The number of carbonyl (C=O) groups excluding carboxylic acids is 1. The Morgan fingerprint density at radius 3 is 2.62 bits per heavy atom. The largest absolute Gasteiger partial charge is 0.398 e. The van der Waals surface area contributed by atoms with Crippen molar-refractivity contribution in [2.45, 2.75) is 6.04 Å². The molecule has 6 heteroatoms. The summed E-state index contributed by atoms with van der Waals surface area (Å²) < 4.78 is 0. The molecule has 0 aromatic heterocycles. The molecule has 0 fully saturated rings. The van der Waals surface area contributed by atoms with E-state index in [1.54, 1.807) is 0 Å². The smallest absolute Gasteiger partial charge is 0.252 e. The van der Waals surface area contributed by atoms with E-state index in [9.17, 15) is 9.90 Å². The number of rotatable bonds is 4. The van der Waals surface area contributed by atoms with Gasteiger partial charge in [0.15, 0.2) is 0 Å². The van der Waals surface area contributed by atoms with Crippen molar-refractivity contribution in [1.29, 1.82) is 0 Å². The summed E-state index contributed by atoms with van der Waals surface area (Å²) in [6.07, 6.45) is 0. The summed E-state index contributed by atoms with van der Waals surface area (Å²) in [4.78, 5) is 18.2. The third-order valence-corrected chi connectivity index (χ3v) is 3.38. The van der Waals surface area contributed by atoms with Crippen LogP contribution in [-0.4, -0.2) is 54.4 Å². The second kappa shape index (κ2) is 6.51. The van der Waals surface area contributed by atoms with Gasteiger partial charge in [-0.05, 0) is 12.6 Å². The number of aliphatic hydroxyl groups is 1. The lowest BCUT2D eigenvalue weighted by Gasteiger charge is -2.28. The molecule has 0 saturated heterocycles. The number of nitrogens with zero attached hydrogens (tertiary/aromatic N) is 2. The van der Waals surface area contributed by atoms with Gasteiger partial charge in [0.1, 0.15) is 0 Å². The van der Waals surface area contributed by atoms with Gasteiger partial charge in [-0.2, -0.15) is 0 Å². The predicted octanol–water partition coefficient (Wildman–Crippen LogP) is -0.411. The molecular formula is C15H20N4O2. The first-order valence-electron chi connectivity index (χ1n) is 6.74. The van der Waals surface area contributed by atoms with Crippen LogP contribution in [0.5, 0.6) is 0 Å². The van der Waals surface area contributed by atoms with Gasteiger partial charge >= 0.3 is 0 Å². The molecule has 0 aliphatic carbocycles. The van der Waals surface area contributed by atoms with E-state index in [1.807, 2.05) is 42.3 Å². The van der Waals surface area contributed by atoms with Crippen molar-refractivity contribution in [3.63, 3.8) is 0 Å². The summed E-state index contributed by atoms with van der Waals surface area (Å²) in [7, 11) is 1.90. The van der Waals surface area contributed by atoms with E-state index in [0.29, 0.717) is 24.5 Å². The average molecular weight is 288 g/mol. The van der Waals surface area contributed by atoms with Gasteiger partial charge in [0, 0.05) is 13.1 Å². The van der Waals surface area contributed by atoms with Gasteiger partial charge < -0.3 is 16.6 Å². The molecule has 5 N–H and O–H groups in total. The van der Waals surface area contributed by atoms with Gasteiger partial charge in [0.05, 0.1) is 29.6 Å². The highest BCUT2D eigenvalue weighted by Crippen LogP contribution is 2.17. The summed E-state index contributed by atoms with van der Waals surface area (Å²) in [6, 6.07) is 8.91. The minimum atomic E-state index is -0.609. The van der Waals surface area contributed by atoms with E-state index in [4.69, 9.17) is 11.5 Å². The maximum atomic E-state index is 11.8. The summed E-state index contributed by atoms with van der Waals surface area (Å²) in [5.74, 6) is -0.609. The minimum Gasteiger partial charge on any atom is -0.398 e. The van der Waals surface area contributed by atoms with Crippen molar-refractivity contribution < 1.29 is 9.90 Å². The van der Waals surface area contributed by atoms with Crippen molar-refractivity contribution in [3.8, 4) is 0 Å². The number of aliphatic imine (C=N–C) groups is 1. The number of hydrogen-bond acceptors (Lipinski definition) is 5. The predicted molar refractivity (Wildman–Crippen MR) is 82.5 cm³/mol. The molecule has 1 amide bonds. The molecule has 6 nitrogen and oxygen atoms in total. The van der Waals surface area contributed by atoms with Gasteiger partial charge in [-0.15, -0.1) is 0 Å². The van der Waals surface area contributed by atoms with Crippen LogP contribution in [0.25, 0.3) is 5.70 Å². The molecule has 1 unspecified atom stereocenters. The fraction of sp³-hybridized carbons (Fsp3) is 0.333. The molecule has 0 radical (unpaired) electrons. The van der Waals surface area contributed by atoms with Gasteiger partial charge in [0.25, 0.3) is 5.91 Å². The Labute approximate surface area is 123 Å². The van der Waals surface area contributed by atoms with Gasteiger partial charge in [-0.3, -0.25) is 14.7 Å². The van der Waals surface area contributed by atoms with Crippen molar-refractivity contribution >= 4 is 17.3 Å². The SMILES string of the molecule is CN1CC(C(C(N)=O)=C(N)c2ccccc2)=NC(CO)C1. The molecule has 1 atom stereocenters. The number of primary amides is 1. The number of hydrogen-bond donors (Lipinski definition) is 3. The number of nitrogens with two attached hydrogens (primary N) is 2. The van der Waals surface area contributed by atoms with E-state index < -0.39 is 5.91 Å². The monoisotopic (exact) mass is 288 g/mol. The molecule has 1 aliphatic rings. The van der Waals surface area contributed by atoms with E-state index in [2.05, 4.69) is 4.99 Å². The quantitative estimate of drug-likeness (QED) is 0.655. The van der Waals surface area contributed by atoms with Crippen LogP contribution in [0.3, 0.4) is 0 Å². The Bertz CT molecular complexity index is 581. The zero-order chi connectivity index (χ0) is 15.4. The summed E-state index contributed by atoms with van der Waals surface area (Å²) >= 11 is 0. The van der Waals surface area contributed by atoms with E-state index in [1.165, 1.54) is 0 Å². The maximum Gasteiger partial charge on any atom is 0.252 e. The Morgan fingerprint density at radius 2 is 2.05 bits per heavy atom. The van der Waals surface area contributed by atoms with Crippen molar-refractivity contribution in [2.24, 2.45) is 16.5 Å². The van der Waals surface area contributed by atoms with Gasteiger partial charge in [-0.25, -0.2) is 0 Å². The molecule has 2 rings (SSSR count). The van der Waals surface area contributed by atoms with Crippen LogP contribution in [0.4, 0.5) is 0 Å². The van der Waals surface area contributed by atoms with Crippen molar-refractivity contribution in [2.75, 3.05) is 26.7 Å². The zero-order valence-electron chi connectivity index (χ0n) is 12.0. The number of amides is 1. The lowest BCUT2D eigenvalue weighted by Crippen LogP contribution is -2.42. The second-order valence-electron chi connectivity index (χ2n) is 5.13. The van der Waals surface area contributed by atoms with E-state index >= 15 is 0 Å². The summed E-state index contributed by atoms with van der Waals surface area (Å²) in [5.41, 5.74) is 13.4. The molecule has 1 heterocycles. The highest BCUT2D eigenvalue weighted by molar-refractivity contribution is 6.26. The van der Waals surface area contributed by atoms with Crippen LogP contribution < -0.4 is 11.5 Å². The zero-order valence-corrected chi connectivity index (χ0v) is 12.0. The minimum absolute atomic E-state index is 0.0783. The molecule has 0 bridgehead atoms. The molecule has 1 aliphatic heterocycles. The summed E-state index contributed by atoms with van der Waals surface area (Å²) in [6.45, 7) is 1.03. The molecule has 112 valence electrons. The third kappa shape index (κ3) is 3.48. The van der Waals surface area contributed by atoms with E-state index in [-0.39, 0.29) is 18.2 Å². The second-order valence-corrected chi connectivity index (χ2v) is 5.13. The molecule has 21 heavy (non-hydrogen) atoms. The van der Waals surface area contributed by atoms with Crippen LogP contribution in [0.15, 0.2) is 40.9 Å². The Hall–Kier alpha value is -2.18. The first-order chi connectivity index (χ1) is 10.0. The standard InChI is InChI=1S/C15H20N4O2/c1-19-7-11(9-20)18-12(8-19)13(15(17)21)14(16)10-5-3-2-4-6-10/h2-6,11,20H,7-9,16H2,1H3,(H2,17,21). The summed E-state index contributed by atoms with van der Waals surface area (Å²) in [5, 5.41) is 9.31. The Balaban J connectivity index is 2.49. The Morgan fingerprint density at radius 1 is 1.38 bits per heavy atom. The number of aliphatic hydroxyl groups excluding tert-OH is 1. The lowest BCUT2D eigenvalue weighted by atomic mass is 10.00. The molecular weight excluding hydrogens is 268 g/mol. The van der Waals surface area contributed by atoms with Crippen LogP contribution >= 0.6 is 0 Å². The van der Waals surface area contributed by atoms with Crippen LogP contribution in [0.1, 0.15) is 5.56 Å². The Kier molecular flexibility index (Phi) is 4.72. The first-order valence-corrected chi connectivity index (χ1v) is 6.74. The number of carbonyl (C=O) groups is 1. The molecule has 1 aromatic carbocycles. The highest BCUT2D eigenvalue weighted by Gasteiger charge is 2.25. The molecule has 0 spiro atoms. The highest BCUT2D eigenvalue weighted by atomic mass is 16.3. The van der Waals surface area contributed by atoms with Crippen LogP contribution in [0.2, 0.25) is 0 Å². The van der Waals surface area contributed by atoms with Crippen LogP contribution in [0, 0.1) is 0 Å². The number of benzene rings is 1. The maximum absolute atomic E-state index is 11.8. The van der Waals surface area contributed by atoms with Gasteiger partial charge in [0.2, 0.25) is 0 Å². The van der Waals surface area contributed by atoms with E-state index in [0.717, 1.165) is 5.56 Å². The fourth-order valence-electron chi connectivity index (χ4n) is 2.42. The first kappa shape index (κ1) is 15.2. The topological polar surface area (TPSA) is 105 Å². The van der Waals surface area contributed by atoms with Gasteiger partial charge in [-0.1, -0.05) is 30.3 Å². The average Bonchev–Trinajstić information content (AvgIpc) is 2.47. The normalized spacial score (nSPS) is 20.7. The lowest BCUT2D eigenvalue weighted by molar-refractivity contribution is -0.114.